The van der Waals surface area contributed by atoms with Gasteiger partial charge in [-0.05, 0) is 40.8 Å². The van der Waals surface area contributed by atoms with Gasteiger partial charge in [0.05, 0.1) is 58.1 Å². The number of aromatic nitrogens is 1. The fraction of sp³-hybridized carbons (Fsp3) is 0.478. The number of amides is 1. The Kier molecular flexibility index (Phi) is 7.99. The molecule has 0 atom stereocenters. The van der Waals surface area contributed by atoms with E-state index in [2.05, 4.69) is 57.0 Å². The van der Waals surface area contributed by atoms with E-state index >= 15 is 0 Å². The molecule has 1 aromatic heterocycles. The molecule has 0 aliphatic carbocycles. The molecule has 1 aliphatic heterocycles. The van der Waals surface area contributed by atoms with Crippen molar-refractivity contribution in [2.75, 3.05) is 77.7 Å². The number of anilines is 2. The Labute approximate surface area is 199 Å². The molecule has 168 valence electrons. The van der Waals surface area contributed by atoms with Gasteiger partial charge in [-0.2, -0.15) is 0 Å². The van der Waals surface area contributed by atoms with Crippen molar-refractivity contribution in [3.8, 4) is 5.75 Å². The Balaban J connectivity index is 1.52. The number of pyridine rings is 1. The van der Waals surface area contributed by atoms with E-state index in [9.17, 15) is 4.79 Å². The summed E-state index contributed by atoms with van der Waals surface area (Å²) in [6.07, 6.45) is 2.77. The highest BCUT2D eigenvalue weighted by Crippen LogP contribution is 2.29. The number of ether oxygens (including phenoxy) is 1. The molecule has 1 fully saturated rings. The average molecular weight is 538 g/mol. The lowest BCUT2D eigenvalue weighted by molar-refractivity contribution is -0.910. The molecule has 0 radical (unpaired) electrons. The van der Waals surface area contributed by atoms with E-state index in [-0.39, 0.29) is 5.91 Å². The predicted molar refractivity (Wildman–Crippen MR) is 134 cm³/mol. The molecule has 0 spiro atoms. The third-order valence-corrected chi connectivity index (χ3v) is 6.83. The van der Waals surface area contributed by atoms with E-state index in [4.69, 9.17) is 4.74 Å². The van der Waals surface area contributed by atoms with E-state index in [0.29, 0.717) is 11.4 Å². The van der Waals surface area contributed by atoms with Crippen LogP contribution in [0.3, 0.4) is 0 Å². The Morgan fingerprint density at radius 2 is 1.97 bits per heavy atom. The second kappa shape index (κ2) is 10.5. The minimum absolute atomic E-state index is 0.0218. The summed E-state index contributed by atoms with van der Waals surface area (Å²) in [5.41, 5.74) is 1.83. The number of quaternary nitrogens is 1. The third kappa shape index (κ3) is 5.79. The highest BCUT2D eigenvalue weighted by atomic mass is 127. The lowest BCUT2D eigenvalue weighted by Gasteiger charge is -2.43. The van der Waals surface area contributed by atoms with Crippen molar-refractivity contribution in [3.63, 3.8) is 0 Å². The monoisotopic (exact) mass is 538 g/mol. The van der Waals surface area contributed by atoms with Crippen LogP contribution in [0.4, 0.5) is 11.5 Å². The van der Waals surface area contributed by atoms with Gasteiger partial charge in [-0.1, -0.05) is 12.1 Å². The summed E-state index contributed by atoms with van der Waals surface area (Å²) in [5.74, 6) is 1.59. The van der Waals surface area contributed by atoms with Crippen LogP contribution in [0.25, 0.3) is 0 Å². The molecule has 2 heterocycles. The number of carbonyl (C=O) groups excluding carboxylic acids is 1. The molecule has 1 amide bonds. The van der Waals surface area contributed by atoms with Gasteiger partial charge in [0, 0.05) is 36.8 Å². The number of hydrogen-bond acceptors (Lipinski definition) is 5. The summed E-state index contributed by atoms with van der Waals surface area (Å²) in [6, 6.07) is 10.1. The molecule has 3 rings (SSSR count). The van der Waals surface area contributed by atoms with Crippen molar-refractivity contribution in [2.45, 2.75) is 6.42 Å². The zero-order valence-electron chi connectivity index (χ0n) is 18.9. The van der Waals surface area contributed by atoms with E-state index < -0.39 is 0 Å². The van der Waals surface area contributed by atoms with Crippen molar-refractivity contribution < 1.29 is 14.0 Å². The molecule has 8 heteroatoms. The van der Waals surface area contributed by atoms with Crippen LogP contribution in [-0.4, -0.2) is 87.8 Å². The smallest absolute Gasteiger partial charge is 0.258 e. The van der Waals surface area contributed by atoms with Crippen molar-refractivity contribution in [3.05, 3.63) is 45.7 Å². The number of rotatable bonds is 8. The number of carbonyl (C=O) groups is 1. The predicted octanol–water partition coefficient (Wildman–Crippen LogP) is 3.17. The maximum atomic E-state index is 12.5. The summed E-state index contributed by atoms with van der Waals surface area (Å²) in [5, 5.41) is 3.40. The van der Waals surface area contributed by atoms with Crippen LogP contribution in [0.1, 0.15) is 16.8 Å². The number of halogens is 1. The van der Waals surface area contributed by atoms with Gasteiger partial charge in [0.25, 0.3) is 5.91 Å². The van der Waals surface area contributed by atoms with E-state index in [1.165, 1.54) is 5.69 Å². The van der Waals surface area contributed by atoms with Crippen LogP contribution in [-0.2, 0) is 0 Å². The Morgan fingerprint density at radius 1 is 1.26 bits per heavy atom. The number of nitrogens with zero attached hydrogens (tertiary/aromatic N) is 4. The second-order valence-electron chi connectivity index (χ2n) is 8.45. The van der Waals surface area contributed by atoms with Crippen molar-refractivity contribution >= 4 is 40.0 Å². The number of nitrogens with one attached hydrogen (secondary N) is 1. The van der Waals surface area contributed by atoms with Gasteiger partial charge in [-0.25, -0.2) is 4.98 Å². The fourth-order valence-corrected chi connectivity index (χ4v) is 4.62. The zero-order chi connectivity index (χ0) is 22.4. The minimum atomic E-state index is -0.0218. The molecule has 1 aromatic carbocycles. The van der Waals surface area contributed by atoms with Gasteiger partial charge in [-0.3, -0.25) is 4.79 Å². The average Bonchev–Trinajstić information content (AvgIpc) is 2.77. The largest absolute Gasteiger partial charge is 0.495 e. The maximum absolute atomic E-state index is 12.5. The molecule has 2 aromatic rings. The molecule has 0 bridgehead atoms. The quantitative estimate of drug-likeness (QED) is 0.318. The maximum Gasteiger partial charge on any atom is 0.258 e. The molecule has 0 saturated carbocycles. The van der Waals surface area contributed by atoms with Crippen molar-refractivity contribution in [1.82, 2.24) is 9.88 Å². The summed E-state index contributed by atoms with van der Waals surface area (Å²) in [6.45, 7) is 6.13. The van der Waals surface area contributed by atoms with Gasteiger partial charge in [-0.15, -0.1) is 0 Å². The molecular formula is C23H33IN5O2+. The summed E-state index contributed by atoms with van der Waals surface area (Å²) in [4.78, 5) is 21.0. The van der Waals surface area contributed by atoms with Crippen molar-refractivity contribution in [2.24, 2.45) is 0 Å². The first-order valence-corrected chi connectivity index (χ1v) is 11.7. The number of piperazine rings is 1. The highest BCUT2D eigenvalue weighted by Gasteiger charge is 2.29. The number of likely N-dealkylation sites (N-methyl/N-ethyl adjacent to an activating group) is 1. The molecule has 1 aliphatic rings. The van der Waals surface area contributed by atoms with Crippen LogP contribution >= 0.6 is 22.6 Å². The lowest BCUT2D eigenvalue weighted by atomic mass is 10.2. The van der Waals surface area contributed by atoms with E-state index in [0.717, 1.165) is 59.5 Å². The van der Waals surface area contributed by atoms with E-state index in [1.807, 2.05) is 18.2 Å². The number of hydrogen-bond donors (Lipinski definition) is 1. The van der Waals surface area contributed by atoms with Crippen molar-refractivity contribution in [1.29, 1.82) is 0 Å². The van der Waals surface area contributed by atoms with Crippen LogP contribution in [0.2, 0.25) is 0 Å². The van der Waals surface area contributed by atoms with E-state index in [1.54, 1.807) is 32.3 Å². The first-order valence-electron chi connectivity index (χ1n) is 10.7. The number of methoxy groups -OCH3 is 1. The second-order valence-corrected chi connectivity index (χ2v) is 9.61. The van der Waals surface area contributed by atoms with Gasteiger partial charge in [0.15, 0.2) is 0 Å². The molecule has 31 heavy (non-hydrogen) atoms. The molecule has 1 N–H and O–H groups in total. The van der Waals surface area contributed by atoms with Crippen LogP contribution in [0.5, 0.6) is 5.75 Å². The lowest BCUT2D eigenvalue weighted by Crippen LogP contribution is -2.57. The Hall–Kier alpha value is -2.07. The van der Waals surface area contributed by atoms with Gasteiger partial charge >= 0.3 is 0 Å². The Morgan fingerprint density at radius 3 is 2.65 bits per heavy atom. The minimum Gasteiger partial charge on any atom is -0.495 e. The first-order chi connectivity index (χ1) is 14.8. The summed E-state index contributed by atoms with van der Waals surface area (Å²) >= 11 is 2.20. The molecule has 1 saturated heterocycles. The van der Waals surface area contributed by atoms with Crippen LogP contribution in [0.15, 0.2) is 36.5 Å². The first kappa shape index (κ1) is 23.6. The summed E-state index contributed by atoms with van der Waals surface area (Å²) in [7, 11) is 7.61. The normalized spacial score (nSPS) is 15.5. The van der Waals surface area contributed by atoms with Gasteiger partial charge in [0.1, 0.15) is 11.6 Å². The highest BCUT2D eigenvalue weighted by molar-refractivity contribution is 14.1. The third-order valence-electron chi connectivity index (χ3n) is 5.93. The number of benzene rings is 1. The standard InChI is InChI=1S/C23H32IN5O2/c1-27(2)23(30)21-18(24)10-12-26-22(21)25-11-7-15-29(3)16-13-28(14-17-29)19-8-5-6-9-20(19)31-4/h5-6,8-10,12H,7,11,13-17H2,1-4H3/p+1. The number of para-hydroxylation sites is 2. The zero-order valence-corrected chi connectivity index (χ0v) is 21.1. The topological polar surface area (TPSA) is 57.7 Å². The summed E-state index contributed by atoms with van der Waals surface area (Å²) < 4.78 is 7.50. The van der Waals surface area contributed by atoms with Crippen LogP contribution < -0.4 is 15.0 Å². The molecule has 7 nitrogen and oxygen atoms in total. The SMILES string of the molecule is COc1ccccc1N1CC[N+](C)(CCCNc2nccc(I)c2C(=O)N(C)C)CC1. The van der Waals surface area contributed by atoms with Gasteiger partial charge < -0.3 is 24.3 Å². The van der Waals surface area contributed by atoms with Gasteiger partial charge in [0.2, 0.25) is 0 Å². The van der Waals surface area contributed by atoms with Crippen LogP contribution in [0, 0.1) is 3.57 Å². The fourth-order valence-electron chi connectivity index (χ4n) is 3.97. The Bertz CT molecular complexity index is 897. The molecular weight excluding hydrogens is 505 g/mol. The molecule has 0 unspecified atom stereocenters.